The van der Waals surface area contributed by atoms with Crippen molar-refractivity contribution in [1.82, 2.24) is 9.99 Å². The van der Waals surface area contributed by atoms with Gasteiger partial charge in [0, 0.05) is 10.4 Å². The molecule has 0 aliphatic rings. The van der Waals surface area contributed by atoms with Crippen LogP contribution in [0.1, 0.15) is 15.2 Å². The van der Waals surface area contributed by atoms with E-state index in [1.54, 1.807) is 6.07 Å². The molecule has 0 bridgehead atoms. The van der Waals surface area contributed by atoms with Crippen molar-refractivity contribution in [3.63, 3.8) is 0 Å². The van der Waals surface area contributed by atoms with Crippen LogP contribution in [0.3, 0.4) is 0 Å². The van der Waals surface area contributed by atoms with Crippen molar-refractivity contribution < 1.29 is 14.7 Å². The number of thiophene rings is 1. The Hall–Kier alpha value is -4.18. The molecule has 0 atom stereocenters. The first-order valence-corrected chi connectivity index (χ1v) is 9.96. The largest absolute Gasteiger partial charge is 0.478 e. The zero-order valence-electron chi connectivity index (χ0n) is 15.9. The number of anilines is 2. The topological polar surface area (TPSA) is 130 Å². The monoisotopic (exact) mass is 436 g/mol. The van der Waals surface area contributed by atoms with Gasteiger partial charge in [-0.1, -0.05) is 48.5 Å². The zero-order valence-corrected chi connectivity index (χ0v) is 16.7. The van der Waals surface area contributed by atoms with Crippen LogP contribution in [0.2, 0.25) is 0 Å². The van der Waals surface area contributed by atoms with E-state index in [0.29, 0.717) is 10.6 Å². The Balaban J connectivity index is 1.44. The molecule has 2 heterocycles. The minimum absolute atomic E-state index is 0.0633. The summed E-state index contributed by atoms with van der Waals surface area (Å²) in [6.07, 6.45) is 0. The molecule has 9 nitrogen and oxygen atoms in total. The number of hydrogen-bond donors (Lipinski definition) is 4. The van der Waals surface area contributed by atoms with Crippen LogP contribution in [0.5, 0.6) is 0 Å². The SMILES string of the molecule is O=C(NCc1cc(C(=O)O)c(Nn2c(=O)c2=O)s1)Nc1ccccc1-c1ccccc1. The van der Waals surface area contributed by atoms with E-state index < -0.39 is 23.1 Å². The smallest absolute Gasteiger partial charge is 0.340 e. The number of nitrogens with one attached hydrogen (secondary N) is 3. The van der Waals surface area contributed by atoms with Crippen LogP contribution in [0.4, 0.5) is 15.5 Å². The summed E-state index contributed by atoms with van der Waals surface area (Å²) in [6.45, 7) is 0.0633. The van der Waals surface area contributed by atoms with Gasteiger partial charge in [-0.15, -0.1) is 11.3 Å². The summed E-state index contributed by atoms with van der Waals surface area (Å²) in [5.74, 6) is -1.21. The summed E-state index contributed by atoms with van der Waals surface area (Å²) < 4.78 is 0.725. The predicted octanol–water partition coefficient (Wildman–Crippen LogP) is 2.71. The van der Waals surface area contributed by atoms with Crippen LogP contribution in [0.15, 0.2) is 70.3 Å². The summed E-state index contributed by atoms with van der Waals surface area (Å²) in [4.78, 5) is 46.7. The lowest BCUT2D eigenvalue weighted by molar-refractivity contribution is 0.0698. The molecule has 10 heteroatoms. The third-order valence-corrected chi connectivity index (χ3v) is 5.49. The van der Waals surface area contributed by atoms with Gasteiger partial charge in [0.15, 0.2) is 0 Å². The Bertz CT molecular complexity index is 1310. The second-order valence-corrected chi connectivity index (χ2v) is 7.67. The van der Waals surface area contributed by atoms with E-state index in [2.05, 4.69) is 16.1 Å². The summed E-state index contributed by atoms with van der Waals surface area (Å²) in [7, 11) is 0. The Labute approximate surface area is 179 Å². The zero-order chi connectivity index (χ0) is 22.0. The van der Waals surface area contributed by atoms with E-state index in [-0.39, 0.29) is 17.1 Å². The third-order valence-electron chi connectivity index (χ3n) is 4.45. The number of carbonyl (C=O) groups excluding carboxylic acids is 1. The number of urea groups is 1. The number of aromatic nitrogens is 1. The molecule has 0 saturated carbocycles. The first-order chi connectivity index (χ1) is 14.9. The minimum Gasteiger partial charge on any atom is -0.478 e. The molecule has 0 fully saturated rings. The summed E-state index contributed by atoms with van der Waals surface area (Å²) in [6, 6.07) is 17.9. The maximum atomic E-state index is 12.4. The van der Waals surface area contributed by atoms with Crippen molar-refractivity contribution in [2.75, 3.05) is 10.7 Å². The highest BCUT2D eigenvalue weighted by Crippen LogP contribution is 2.29. The normalized spacial score (nSPS) is 10.7. The molecule has 0 spiro atoms. The molecule has 0 unspecified atom stereocenters. The molecule has 0 aliphatic carbocycles. The average molecular weight is 436 g/mol. The first-order valence-electron chi connectivity index (χ1n) is 9.14. The van der Waals surface area contributed by atoms with E-state index in [1.807, 2.05) is 48.5 Å². The highest BCUT2D eigenvalue weighted by Gasteiger charge is 2.22. The molecule has 156 valence electrons. The van der Waals surface area contributed by atoms with Crippen molar-refractivity contribution in [3.8, 4) is 11.1 Å². The van der Waals surface area contributed by atoms with Gasteiger partial charge in [-0.2, -0.15) is 4.68 Å². The minimum atomic E-state index is -1.21. The van der Waals surface area contributed by atoms with Gasteiger partial charge in [0.05, 0.1) is 17.8 Å². The standard InChI is InChI=1S/C21H16N4O5S/c26-18-19(27)25(18)24-17-15(20(28)29)10-13(31-17)11-22-21(30)23-16-9-5-4-8-14(16)12-6-2-1-3-7-12/h1-10,24H,11H2,(H,28,29)(H2,22,23,30). The fourth-order valence-electron chi connectivity index (χ4n) is 2.90. The Morgan fingerprint density at radius 2 is 1.65 bits per heavy atom. The van der Waals surface area contributed by atoms with Crippen molar-refractivity contribution in [2.24, 2.45) is 0 Å². The highest BCUT2D eigenvalue weighted by molar-refractivity contribution is 7.16. The van der Waals surface area contributed by atoms with Crippen LogP contribution in [0.25, 0.3) is 11.1 Å². The molecule has 2 amide bonds. The molecule has 0 saturated heterocycles. The molecule has 2 aromatic heterocycles. The fourth-order valence-corrected chi connectivity index (χ4v) is 3.88. The molecule has 4 rings (SSSR count). The van der Waals surface area contributed by atoms with Crippen LogP contribution in [0, 0.1) is 0 Å². The van der Waals surface area contributed by atoms with Gasteiger partial charge in [-0.05, 0) is 17.7 Å². The third kappa shape index (κ3) is 4.38. The number of carbonyl (C=O) groups is 2. The van der Waals surface area contributed by atoms with Gasteiger partial charge in [-0.25, -0.2) is 9.59 Å². The number of benzene rings is 2. The number of nitrogens with zero attached hydrogens (tertiary/aromatic N) is 1. The molecular formula is C21H16N4O5S. The van der Waals surface area contributed by atoms with E-state index in [4.69, 9.17) is 0 Å². The highest BCUT2D eigenvalue weighted by atomic mass is 32.1. The predicted molar refractivity (Wildman–Crippen MR) is 117 cm³/mol. The maximum Gasteiger partial charge on any atom is 0.340 e. The number of hydrogen-bond acceptors (Lipinski definition) is 6. The lowest BCUT2D eigenvalue weighted by Crippen LogP contribution is -2.28. The molecule has 4 N–H and O–H groups in total. The van der Waals surface area contributed by atoms with Gasteiger partial charge < -0.3 is 15.7 Å². The summed E-state index contributed by atoms with van der Waals surface area (Å²) in [5.41, 5.74) is 3.37. The summed E-state index contributed by atoms with van der Waals surface area (Å²) >= 11 is 1.03. The molecular weight excluding hydrogens is 420 g/mol. The van der Waals surface area contributed by atoms with Crippen LogP contribution >= 0.6 is 11.3 Å². The Morgan fingerprint density at radius 3 is 2.32 bits per heavy atom. The first kappa shape index (κ1) is 20.1. The van der Waals surface area contributed by atoms with Crippen LogP contribution in [-0.4, -0.2) is 21.8 Å². The van der Waals surface area contributed by atoms with Crippen LogP contribution < -0.4 is 27.2 Å². The second-order valence-electron chi connectivity index (χ2n) is 6.54. The number of aromatic carboxylic acids is 1. The Kier molecular flexibility index (Phi) is 5.37. The van der Waals surface area contributed by atoms with Crippen molar-refractivity contribution in [3.05, 3.63) is 91.8 Å². The number of rotatable bonds is 7. The van der Waals surface area contributed by atoms with Crippen LogP contribution in [-0.2, 0) is 6.54 Å². The van der Waals surface area contributed by atoms with Crippen molar-refractivity contribution in [1.29, 1.82) is 0 Å². The lowest BCUT2D eigenvalue weighted by Gasteiger charge is -2.12. The van der Waals surface area contributed by atoms with Gasteiger partial charge in [0.25, 0.3) is 0 Å². The molecule has 0 radical (unpaired) electrons. The summed E-state index contributed by atoms with van der Waals surface area (Å²) in [5, 5.41) is 15.0. The fraction of sp³-hybridized carbons (Fsp3) is 0.0476. The Morgan fingerprint density at radius 1 is 0.968 bits per heavy atom. The van der Waals surface area contributed by atoms with E-state index in [1.165, 1.54) is 6.07 Å². The number of carboxylic acids is 1. The van der Waals surface area contributed by atoms with Crippen molar-refractivity contribution in [2.45, 2.75) is 6.54 Å². The number of amides is 2. The number of para-hydroxylation sites is 1. The molecule has 4 aromatic rings. The maximum absolute atomic E-state index is 12.4. The second kappa shape index (κ2) is 8.28. The van der Waals surface area contributed by atoms with Gasteiger partial charge in [0.2, 0.25) is 0 Å². The number of carboxylic acid groups (broad SMARTS) is 1. The molecule has 31 heavy (non-hydrogen) atoms. The van der Waals surface area contributed by atoms with Gasteiger partial charge in [0.1, 0.15) is 5.00 Å². The molecule has 0 aliphatic heterocycles. The lowest BCUT2D eigenvalue weighted by atomic mass is 10.0. The van der Waals surface area contributed by atoms with E-state index >= 15 is 0 Å². The van der Waals surface area contributed by atoms with Crippen molar-refractivity contribution >= 4 is 34.0 Å². The van der Waals surface area contributed by atoms with E-state index in [0.717, 1.165) is 27.1 Å². The van der Waals surface area contributed by atoms with Gasteiger partial charge >= 0.3 is 23.1 Å². The molecule has 2 aromatic carbocycles. The van der Waals surface area contributed by atoms with Gasteiger partial charge in [-0.3, -0.25) is 15.0 Å². The average Bonchev–Trinajstić information content (AvgIpc) is 3.14. The van der Waals surface area contributed by atoms with E-state index in [9.17, 15) is 24.3 Å². The quantitative estimate of drug-likeness (QED) is 0.330.